The Hall–Kier alpha value is -0.550. The molecule has 0 spiro atoms. The summed E-state index contributed by atoms with van der Waals surface area (Å²) < 4.78 is 0. The maximum atomic E-state index is 8.28. The zero-order valence-electron chi connectivity index (χ0n) is 6.27. The van der Waals surface area contributed by atoms with Crippen LogP contribution in [0.15, 0.2) is 0 Å². The van der Waals surface area contributed by atoms with Crippen molar-refractivity contribution in [1.29, 1.82) is 5.26 Å². The molecule has 0 atom stereocenters. The lowest BCUT2D eigenvalue weighted by Gasteiger charge is -2.21. The van der Waals surface area contributed by atoms with Crippen molar-refractivity contribution in [1.82, 2.24) is 5.32 Å². The second-order valence-electron chi connectivity index (χ2n) is 2.87. The van der Waals surface area contributed by atoms with Gasteiger partial charge < -0.3 is 5.32 Å². The van der Waals surface area contributed by atoms with E-state index in [1.54, 1.807) is 0 Å². The molecular formula is C8H14N2. The second kappa shape index (κ2) is 4.29. The summed E-state index contributed by atoms with van der Waals surface area (Å²) in [5, 5.41) is 11.5. The minimum absolute atomic E-state index is 0.519. The molecular weight excluding hydrogens is 124 g/mol. The normalized spacial score (nSPS) is 20.3. The summed E-state index contributed by atoms with van der Waals surface area (Å²) >= 11 is 0. The fourth-order valence-electron chi connectivity index (χ4n) is 1.50. The largest absolute Gasteiger partial charge is 0.302 e. The molecule has 0 unspecified atom stereocenters. The van der Waals surface area contributed by atoms with Gasteiger partial charge in [0, 0.05) is 6.04 Å². The SMILES string of the molecule is N#CCNC1CCCCC1. The summed E-state index contributed by atoms with van der Waals surface area (Å²) in [4.78, 5) is 0. The lowest BCUT2D eigenvalue weighted by molar-refractivity contribution is 0.386. The van der Waals surface area contributed by atoms with Crippen molar-refractivity contribution in [3.63, 3.8) is 0 Å². The molecule has 1 fully saturated rings. The van der Waals surface area contributed by atoms with Gasteiger partial charge in [0.1, 0.15) is 0 Å². The van der Waals surface area contributed by atoms with Gasteiger partial charge in [0.15, 0.2) is 0 Å². The number of nitrogens with zero attached hydrogens (tertiary/aromatic N) is 1. The van der Waals surface area contributed by atoms with Gasteiger partial charge in [-0.1, -0.05) is 19.3 Å². The van der Waals surface area contributed by atoms with Crippen LogP contribution >= 0.6 is 0 Å². The number of nitrogens with one attached hydrogen (secondary N) is 1. The van der Waals surface area contributed by atoms with E-state index in [2.05, 4.69) is 11.4 Å². The molecule has 0 saturated heterocycles. The van der Waals surface area contributed by atoms with Gasteiger partial charge in [-0.05, 0) is 12.8 Å². The lowest BCUT2D eigenvalue weighted by Crippen LogP contribution is -2.31. The molecule has 0 amide bonds. The highest BCUT2D eigenvalue weighted by atomic mass is 14.9. The van der Waals surface area contributed by atoms with E-state index in [-0.39, 0.29) is 0 Å². The van der Waals surface area contributed by atoms with Crippen molar-refractivity contribution in [3.05, 3.63) is 0 Å². The molecule has 1 aliphatic carbocycles. The van der Waals surface area contributed by atoms with Crippen molar-refractivity contribution in [3.8, 4) is 6.07 Å². The standard InChI is InChI=1S/C8H14N2/c9-6-7-10-8-4-2-1-3-5-8/h8,10H,1-5,7H2. The zero-order valence-corrected chi connectivity index (χ0v) is 6.27. The van der Waals surface area contributed by atoms with Gasteiger partial charge in [-0.15, -0.1) is 0 Å². The number of hydrogen-bond acceptors (Lipinski definition) is 2. The minimum Gasteiger partial charge on any atom is -0.302 e. The van der Waals surface area contributed by atoms with Crippen LogP contribution in [0, 0.1) is 11.3 Å². The highest BCUT2D eigenvalue weighted by Crippen LogP contribution is 2.16. The maximum absolute atomic E-state index is 8.28. The van der Waals surface area contributed by atoms with Gasteiger partial charge in [0.2, 0.25) is 0 Å². The first-order valence-electron chi connectivity index (χ1n) is 4.04. The van der Waals surface area contributed by atoms with Crippen molar-refractivity contribution in [2.45, 2.75) is 38.1 Å². The molecule has 0 aromatic rings. The molecule has 0 bridgehead atoms. The number of nitriles is 1. The van der Waals surface area contributed by atoms with Crippen LogP contribution in [0.2, 0.25) is 0 Å². The highest BCUT2D eigenvalue weighted by molar-refractivity contribution is 4.79. The number of rotatable bonds is 2. The van der Waals surface area contributed by atoms with Crippen LogP contribution in [0.3, 0.4) is 0 Å². The van der Waals surface area contributed by atoms with Crippen LogP contribution in [0.4, 0.5) is 0 Å². The number of hydrogen-bond donors (Lipinski definition) is 1. The molecule has 0 radical (unpaired) electrons. The van der Waals surface area contributed by atoms with E-state index in [9.17, 15) is 0 Å². The van der Waals surface area contributed by atoms with Gasteiger partial charge >= 0.3 is 0 Å². The quantitative estimate of drug-likeness (QED) is 0.586. The highest BCUT2D eigenvalue weighted by Gasteiger charge is 2.11. The van der Waals surface area contributed by atoms with E-state index in [4.69, 9.17) is 5.26 Å². The molecule has 0 aromatic carbocycles. The third kappa shape index (κ3) is 2.36. The molecule has 0 aromatic heterocycles. The van der Waals surface area contributed by atoms with Crippen LogP contribution in [0.25, 0.3) is 0 Å². The second-order valence-corrected chi connectivity index (χ2v) is 2.87. The summed E-state index contributed by atoms with van der Waals surface area (Å²) in [6.45, 7) is 0.519. The third-order valence-corrected chi connectivity index (χ3v) is 2.07. The summed E-state index contributed by atoms with van der Waals surface area (Å²) in [5.41, 5.74) is 0. The van der Waals surface area contributed by atoms with Crippen LogP contribution in [0.5, 0.6) is 0 Å². The fourth-order valence-corrected chi connectivity index (χ4v) is 1.50. The smallest absolute Gasteiger partial charge is 0.0843 e. The first-order chi connectivity index (χ1) is 4.93. The average molecular weight is 138 g/mol. The monoisotopic (exact) mass is 138 g/mol. The Balaban J connectivity index is 2.09. The molecule has 1 rings (SSSR count). The third-order valence-electron chi connectivity index (χ3n) is 2.07. The minimum atomic E-state index is 0.519. The van der Waals surface area contributed by atoms with Crippen molar-refractivity contribution in [2.75, 3.05) is 6.54 Å². The van der Waals surface area contributed by atoms with Crippen molar-refractivity contribution < 1.29 is 0 Å². The Kier molecular flexibility index (Phi) is 3.25. The van der Waals surface area contributed by atoms with Crippen LogP contribution in [0.1, 0.15) is 32.1 Å². The van der Waals surface area contributed by atoms with E-state index in [1.165, 1.54) is 32.1 Å². The molecule has 1 saturated carbocycles. The Bertz CT molecular complexity index is 120. The Morgan fingerprint density at radius 1 is 1.30 bits per heavy atom. The van der Waals surface area contributed by atoms with Crippen LogP contribution < -0.4 is 5.32 Å². The first-order valence-corrected chi connectivity index (χ1v) is 4.04. The van der Waals surface area contributed by atoms with E-state index >= 15 is 0 Å². The van der Waals surface area contributed by atoms with E-state index in [0.29, 0.717) is 12.6 Å². The van der Waals surface area contributed by atoms with E-state index in [1.807, 2.05) is 0 Å². The zero-order chi connectivity index (χ0) is 7.23. The molecule has 0 aliphatic heterocycles. The average Bonchev–Trinajstić information content (AvgIpc) is 2.03. The molecule has 2 heteroatoms. The predicted octanol–water partition coefficient (Wildman–Crippen LogP) is 1.43. The Labute approximate surface area is 62.2 Å². The van der Waals surface area contributed by atoms with Gasteiger partial charge in [-0.3, -0.25) is 0 Å². The molecule has 10 heavy (non-hydrogen) atoms. The predicted molar refractivity (Wildman–Crippen MR) is 40.5 cm³/mol. The molecule has 1 N–H and O–H groups in total. The van der Waals surface area contributed by atoms with Gasteiger partial charge in [-0.2, -0.15) is 5.26 Å². The van der Waals surface area contributed by atoms with Crippen molar-refractivity contribution >= 4 is 0 Å². The van der Waals surface area contributed by atoms with Gasteiger partial charge in [0.25, 0.3) is 0 Å². The summed E-state index contributed by atoms with van der Waals surface area (Å²) in [6.07, 6.45) is 6.58. The lowest BCUT2D eigenvalue weighted by atomic mass is 9.96. The summed E-state index contributed by atoms with van der Waals surface area (Å²) in [5.74, 6) is 0. The van der Waals surface area contributed by atoms with E-state index in [0.717, 1.165) is 0 Å². The topological polar surface area (TPSA) is 35.8 Å². The van der Waals surface area contributed by atoms with Crippen LogP contribution in [-0.4, -0.2) is 12.6 Å². The Morgan fingerprint density at radius 2 is 2.00 bits per heavy atom. The first kappa shape index (κ1) is 7.56. The maximum Gasteiger partial charge on any atom is 0.0843 e. The fraction of sp³-hybridized carbons (Fsp3) is 0.875. The molecule has 56 valence electrons. The Morgan fingerprint density at radius 3 is 2.60 bits per heavy atom. The van der Waals surface area contributed by atoms with Crippen LogP contribution in [-0.2, 0) is 0 Å². The van der Waals surface area contributed by atoms with E-state index < -0.39 is 0 Å². The summed E-state index contributed by atoms with van der Waals surface area (Å²) in [6, 6.07) is 2.74. The van der Waals surface area contributed by atoms with Crippen molar-refractivity contribution in [2.24, 2.45) is 0 Å². The molecule has 0 heterocycles. The summed E-state index contributed by atoms with van der Waals surface area (Å²) in [7, 11) is 0. The molecule has 1 aliphatic rings. The molecule has 2 nitrogen and oxygen atoms in total. The van der Waals surface area contributed by atoms with Gasteiger partial charge in [-0.25, -0.2) is 0 Å². The van der Waals surface area contributed by atoms with Gasteiger partial charge in [0.05, 0.1) is 12.6 Å².